The van der Waals surface area contributed by atoms with Gasteiger partial charge >= 0.3 is 0 Å². The third-order valence-corrected chi connectivity index (χ3v) is 3.11. The summed E-state index contributed by atoms with van der Waals surface area (Å²) >= 11 is 0. The van der Waals surface area contributed by atoms with E-state index in [1.807, 2.05) is 13.8 Å². The zero-order valence-electron chi connectivity index (χ0n) is 12.1. The Hall–Kier alpha value is -2.24. The van der Waals surface area contributed by atoms with Crippen LogP contribution >= 0.6 is 0 Å². The second kappa shape index (κ2) is 6.79. The summed E-state index contributed by atoms with van der Waals surface area (Å²) < 4.78 is 0. The lowest BCUT2D eigenvalue weighted by molar-refractivity contribution is -0.132. The Morgan fingerprint density at radius 3 is 2.35 bits per heavy atom. The molecule has 0 saturated heterocycles. The number of rotatable bonds is 5. The molecule has 6 heteroatoms. The van der Waals surface area contributed by atoms with Gasteiger partial charge in [-0.15, -0.1) is 0 Å². The van der Waals surface area contributed by atoms with E-state index in [2.05, 4.69) is 5.32 Å². The summed E-state index contributed by atoms with van der Waals surface area (Å²) in [6, 6.07) is 4.07. The molecule has 1 aromatic carbocycles. The number of anilines is 2. The van der Waals surface area contributed by atoms with Crippen molar-refractivity contribution in [2.45, 2.75) is 26.8 Å². The number of amides is 2. The molecule has 0 heterocycles. The number of nitrogen functional groups attached to an aromatic ring is 2. The summed E-state index contributed by atoms with van der Waals surface area (Å²) in [5.74, 6) is -0.493. The zero-order chi connectivity index (χ0) is 15.3. The first-order chi connectivity index (χ1) is 9.40. The van der Waals surface area contributed by atoms with Gasteiger partial charge in [-0.05, 0) is 39.0 Å². The molecule has 1 atom stereocenters. The van der Waals surface area contributed by atoms with E-state index in [0.717, 1.165) is 0 Å². The van der Waals surface area contributed by atoms with Crippen molar-refractivity contribution in [3.8, 4) is 0 Å². The van der Waals surface area contributed by atoms with Gasteiger partial charge in [-0.2, -0.15) is 0 Å². The monoisotopic (exact) mass is 278 g/mol. The number of carbonyl (C=O) groups is 2. The largest absolute Gasteiger partial charge is 0.399 e. The number of hydrogen-bond donors (Lipinski definition) is 3. The summed E-state index contributed by atoms with van der Waals surface area (Å²) in [6.07, 6.45) is 0. The van der Waals surface area contributed by atoms with Gasteiger partial charge in [-0.1, -0.05) is 0 Å². The second-order valence-corrected chi connectivity index (χ2v) is 4.55. The van der Waals surface area contributed by atoms with Crippen LogP contribution in [0.5, 0.6) is 0 Å². The Balaban J connectivity index is 2.77. The van der Waals surface area contributed by atoms with Gasteiger partial charge in [-0.3, -0.25) is 9.59 Å². The van der Waals surface area contributed by atoms with Crippen LogP contribution in [0.1, 0.15) is 31.1 Å². The van der Waals surface area contributed by atoms with Crippen LogP contribution in [0.25, 0.3) is 0 Å². The molecule has 0 radical (unpaired) electrons. The topological polar surface area (TPSA) is 101 Å². The van der Waals surface area contributed by atoms with Gasteiger partial charge < -0.3 is 21.7 Å². The van der Waals surface area contributed by atoms with E-state index >= 15 is 0 Å². The Morgan fingerprint density at radius 1 is 1.25 bits per heavy atom. The van der Waals surface area contributed by atoms with Gasteiger partial charge in [0.15, 0.2) is 0 Å². The average molecular weight is 278 g/mol. The van der Waals surface area contributed by atoms with Crippen LogP contribution in [0.2, 0.25) is 0 Å². The van der Waals surface area contributed by atoms with E-state index in [1.54, 1.807) is 24.0 Å². The van der Waals surface area contributed by atoms with Crippen LogP contribution in [0.3, 0.4) is 0 Å². The zero-order valence-corrected chi connectivity index (χ0v) is 12.1. The normalized spacial score (nSPS) is 11.8. The highest BCUT2D eigenvalue weighted by atomic mass is 16.2. The van der Waals surface area contributed by atoms with Gasteiger partial charge in [0.25, 0.3) is 5.91 Å². The quantitative estimate of drug-likeness (QED) is 0.694. The van der Waals surface area contributed by atoms with E-state index < -0.39 is 6.04 Å². The highest BCUT2D eigenvalue weighted by Gasteiger charge is 2.21. The molecule has 20 heavy (non-hydrogen) atoms. The third-order valence-electron chi connectivity index (χ3n) is 3.11. The Kier molecular flexibility index (Phi) is 5.37. The molecule has 0 bridgehead atoms. The van der Waals surface area contributed by atoms with Crippen LogP contribution in [-0.2, 0) is 4.79 Å². The van der Waals surface area contributed by atoms with Crippen molar-refractivity contribution in [3.63, 3.8) is 0 Å². The maximum atomic E-state index is 12.1. The van der Waals surface area contributed by atoms with E-state index in [0.29, 0.717) is 30.0 Å². The fourth-order valence-electron chi connectivity index (χ4n) is 1.93. The van der Waals surface area contributed by atoms with Crippen LogP contribution in [-0.4, -0.2) is 35.8 Å². The van der Waals surface area contributed by atoms with Crippen LogP contribution in [0.4, 0.5) is 11.4 Å². The fourth-order valence-corrected chi connectivity index (χ4v) is 1.93. The van der Waals surface area contributed by atoms with E-state index in [1.165, 1.54) is 6.07 Å². The average Bonchev–Trinajstić information content (AvgIpc) is 2.39. The second-order valence-electron chi connectivity index (χ2n) is 4.55. The van der Waals surface area contributed by atoms with Crippen molar-refractivity contribution < 1.29 is 9.59 Å². The molecule has 0 saturated carbocycles. The molecule has 0 aliphatic rings. The molecule has 1 aromatic rings. The minimum absolute atomic E-state index is 0.114. The molecule has 1 unspecified atom stereocenters. The number of likely N-dealkylation sites (N-methyl/N-ethyl adjacent to an activating group) is 1. The first kappa shape index (κ1) is 15.8. The van der Waals surface area contributed by atoms with E-state index in [4.69, 9.17) is 11.5 Å². The molecular weight excluding hydrogens is 256 g/mol. The summed E-state index contributed by atoms with van der Waals surface area (Å²) in [6.45, 7) is 6.67. The Labute approximate surface area is 119 Å². The van der Waals surface area contributed by atoms with Crippen molar-refractivity contribution in [2.24, 2.45) is 0 Å². The number of carbonyl (C=O) groups excluding carboxylic acids is 2. The Morgan fingerprint density at radius 2 is 1.85 bits per heavy atom. The lowest BCUT2D eigenvalue weighted by Gasteiger charge is -2.23. The molecule has 5 N–H and O–H groups in total. The fraction of sp³-hybridized carbons (Fsp3) is 0.429. The maximum absolute atomic E-state index is 12.1. The summed E-state index contributed by atoms with van der Waals surface area (Å²) in [5, 5.41) is 2.65. The predicted octanol–water partition coefficient (Wildman–Crippen LogP) is 0.838. The summed E-state index contributed by atoms with van der Waals surface area (Å²) in [4.78, 5) is 25.8. The third kappa shape index (κ3) is 3.63. The number of nitrogens with zero attached hydrogens (tertiary/aromatic N) is 1. The highest BCUT2D eigenvalue weighted by Crippen LogP contribution is 2.15. The van der Waals surface area contributed by atoms with E-state index in [-0.39, 0.29) is 11.8 Å². The van der Waals surface area contributed by atoms with Crippen LogP contribution in [0, 0.1) is 0 Å². The molecule has 1 rings (SSSR count). The first-order valence-corrected chi connectivity index (χ1v) is 6.65. The van der Waals surface area contributed by atoms with Gasteiger partial charge in [0.1, 0.15) is 6.04 Å². The van der Waals surface area contributed by atoms with Crippen molar-refractivity contribution in [1.29, 1.82) is 0 Å². The molecule has 0 aromatic heterocycles. The van der Waals surface area contributed by atoms with Crippen molar-refractivity contribution in [1.82, 2.24) is 10.2 Å². The molecule has 110 valence electrons. The molecule has 0 spiro atoms. The minimum Gasteiger partial charge on any atom is -0.399 e. The van der Waals surface area contributed by atoms with Crippen molar-refractivity contribution >= 4 is 23.2 Å². The standard InChI is InChI=1S/C14H22N4O2/c1-4-18(5-2)14(20)9(3)17-13(19)11-7-6-10(15)8-12(11)16/h6-9H,4-5,15-16H2,1-3H3,(H,17,19). The summed E-state index contributed by atoms with van der Waals surface area (Å²) in [5.41, 5.74) is 12.4. The SMILES string of the molecule is CCN(CC)C(=O)C(C)NC(=O)c1ccc(N)cc1N. The van der Waals surface area contributed by atoms with Crippen molar-refractivity contribution in [3.05, 3.63) is 23.8 Å². The smallest absolute Gasteiger partial charge is 0.254 e. The molecule has 2 amide bonds. The number of hydrogen-bond acceptors (Lipinski definition) is 4. The lowest BCUT2D eigenvalue weighted by Crippen LogP contribution is -2.46. The Bertz CT molecular complexity index is 498. The lowest BCUT2D eigenvalue weighted by atomic mass is 10.1. The molecule has 0 aliphatic carbocycles. The molecule has 0 fully saturated rings. The van der Waals surface area contributed by atoms with Gasteiger partial charge in [-0.25, -0.2) is 0 Å². The molecule has 6 nitrogen and oxygen atoms in total. The van der Waals surface area contributed by atoms with Gasteiger partial charge in [0.2, 0.25) is 5.91 Å². The number of benzene rings is 1. The molecule has 0 aliphatic heterocycles. The highest BCUT2D eigenvalue weighted by molar-refractivity contribution is 6.01. The number of nitrogens with one attached hydrogen (secondary N) is 1. The number of nitrogens with two attached hydrogens (primary N) is 2. The molecular formula is C14H22N4O2. The maximum Gasteiger partial charge on any atom is 0.254 e. The van der Waals surface area contributed by atoms with Crippen molar-refractivity contribution in [2.75, 3.05) is 24.6 Å². The summed E-state index contributed by atoms with van der Waals surface area (Å²) in [7, 11) is 0. The van der Waals surface area contributed by atoms with Crippen LogP contribution < -0.4 is 16.8 Å². The van der Waals surface area contributed by atoms with Gasteiger partial charge in [0.05, 0.1) is 5.56 Å². The minimum atomic E-state index is -0.598. The van der Waals surface area contributed by atoms with E-state index in [9.17, 15) is 9.59 Å². The van der Waals surface area contributed by atoms with Gasteiger partial charge in [0, 0.05) is 24.5 Å². The van der Waals surface area contributed by atoms with Crippen LogP contribution in [0.15, 0.2) is 18.2 Å². The first-order valence-electron chi connectivity index (χ1n) is 6.65. The predicted molar refractivity (Wildman–Crippen MR) is 80.1 cm³/mol.